The SMILES string of the molecule is C=COC(C)(C)C(Cl)(Cl)Cl. The molecule has 0 aromatic carbocycles. The average molecular weight is 203 g/mol. The summed E-state index contributed by atoms with van der Waals surface area (Å²) in [5.41, 5.74) is -0.834. The van der Waals surface area contributed by atoms with Crippen molar-refractivity contribution in [1.82, 2.24) is 0 Å². The summed E-state index contributed by atoms with van der Waals surface area (Å²) in [5, 5.41) is 0. The zero-order chi connectivity index (χ0) is 8.41. The van der Waals surface area contributed by atoms with Crippen LogP contribution in [0.1, 0.15) is 13.8 Å². The number of halogens is 3. The zero-order valence-electron chi connectivity index (χ0n) is 5.83. The molecule has 0 saturated carbocycles. The molecule has 60 valence electrons. The summed E-state index contributed by atoms with van der Waals surface area (Å²) in [7, 11) is 0. The summed E-state index contributed by atoms with van der Waals surface area (Å²) in [4.78, 5) is 0. The van der Waals surface area contributed by atoms with E-state index in [9.17, 15) is 0 Å². The van der Waals surface area contributed by atoms with Crippen LogP contribution in [0.25, 0.3) is 0 Å². The summed E-state index contributed by atoms with van der Waals surface area (Å²) < 4.78 is 3.53. The molecule has 0 heterocycles. The van der Waals surface area contributed by atoms with Crippen LogP contribution in [-0.4, -0.2) is 9.39 Å². The first-order valence-corrected chi connectivity index (χ1v) is 3.80. The first-order chi connectivity index (χ1) is 4.31. The van der Waals surface area contributed by atoms with Crippen LogP contribution in [0.3, 0.4) is 0 Å². The molecule has 0 spiro atoms. The van der Waals surface area contributed by atoms with E-state index in [1.807, 2.05) is 0 Å². The molecule has 0 unspecified atom stereocenters. The fourth-order valence-corrected chi connectivity index (χ4v) is 0.409. The molecule has 0 aliphatic heterocycles. The highest BCUT2D eigenvalue weighted by Gasteiger charge is 2.41. The van der Waals surface area contributed by atoms with E-state index in [4.69, 9.17) is 39.5 Å². The number of hydrogen-bond donors (Lipinski definition) is 0. The molecule has 0 amide bonds. The zero-order valence-corrected chi connectivity index (χ0v) is 8.09. The number of alkyl halides is 3. The predicted molar refractivity (Wildman–Crippen MR) is 45.7 cm³/mol. The second-order valence-corrected chi connectivity index (χ2v) is 4.57. The van der Waals surface area contributed by atoms with Crippen molar-refractivity contribution in [2.24, 2.45) is 0 Å². The normalized spacial score (nSPS) is 12.9. The molecule has 0 aromatic rings. The molecule has 0 rings (SSSR count). The second kappa shape index (κ2) is 3.21. The highest BCUT2D eigenvalue weighted by atomic mass is 35.6. The molecule has 1 nitrogen and oxygen atoms in total. The van der Waals surface area contributed by atoms with Crippen LogP contribution in [0.5, 0.6) is 0 Å². The van der Waals surface area contributed by atoms with E-state index in [0.29, 0.717) is 0 Å². The lowest BCUT2D eigenvalue weighted by atomic mass is 10.2. The Hall–Kier alpha value is 0.410. The van der Waals surface area contributed by atoms with Crippen molar-refractivity contribution in [3.8, 4) is 0 Å². The Morgan fingerprint density at radius 1 is 1.30 bits per heavy atom. The van der Waals surface area contributed by atoms with Crippen LogP contribution in [0.15, 0.2) is 12.8 Å². The Labute approximate surface area is 75.9 Å². The maximum atomic E-state index is 5.56. The first-order valence-electron chi connectivity index (χ1n) is 2.67. The van der Waals surface area contributed by atoms with E-state index >= 15 is 0 Å². The monoisotopic (exact) mass is 202 g/mol. The first kappa shape index (κ1) is 10.4. The fraction of sp³-hybridized carbons (Fsp3) is 0.667. The topological polar surface area (TPSA) is 9.23 Å². The smallest absolute Gasteiger partial charge is 0.228 e. The molecule has 10 heavy (non-hydrogen) atoms. The Kier molecular flexibility index (Phi) is 3.34. The van der Waals surface area contributed by atoms with Gasteiger partial charge in [-0.2, -0.15) is 0 Å². The van der Waals surface area contributed by atoms with Gasteiger partial charge in [0.25, 0.3) is 0 Å². The Morgan fingerprint density at radius 3 is 1.80 bits per heavy atom. The van der Waals surface area contributed by atoms with Gasteiger partial charge in [0.2, 0.25) is 3.79 Å². The Bertz CT molecular complexity index is 125. The van der Waals surface area contributed by atoms with Gasteiger partial charge in [0.15, 0.2) is 0 Å². The molecule has 0 bridgehead atoms. The van der Waals surface area contributed by atoms with Crippen molar-refractivity contribution < 1.29 is 4.74 Å². The van der Waals surface area contributed by atoms with Gasteiger partial charge < -0.3 is 4.74 Å². The van der Waals surface area contributed by atoms with Crippen LogP contribution in [0, 0.1) is 0 Å². The lowest BCUT2D eigenvalue weighted by molar-refractivity contribution is 0.0623. The number of ether oxygens (including phenoxy) is 1. The molecular formula is C6H9Cl3O. The molecule has 4 heteroatoms. The lowest BCUT2D eigenvalue weighted by Crippen LogP contribution is -2.37. The van der Waals surface area contributed by atoms with E-state index in [1.54, 1.807) is 13.8 Å². The lowest BCUT2D eigenvalue weighted by Gasteiger charge is -2.31. The standard InChI is InChI=1S/C6H9Cl3O/c1-4-10-5(2,3)6(7,8)9/h4H,1H2,2-3H3. The summed E-state index contributed by atoms with van der Waals surface area (Å²) in [6.45, 7) is 6.70. The molecule has 0 aliphatic carbocycles. The van der Waals surface area contributed by atoms with Crippen molar-refractivity contribution in [1.29, 1.82) is 0 Å². The van der Waals surface area contributed by atoms with E-state index in [0.717, 1.165) is 0 Å². The molecule has 0 aromatic heterocycles. The van der Waals surface area contributed by atoms with Gasteiger partial charge >= 0.3 is 0 Å². The van der Waals surface area contributed by atoms with Gasteiger partial charge in [0.1, 0.15) is 5.60 Å². The highest BCUT2D eigenvalue weighted by molar-refractivity contribution is 6.68. The summed E-state index contributed by atoms with van der Waals surface area (Å²) in [6, 6.07) is 0. The molecule has 0 fully saturated rings. The van der Waals surface area contributed by atoms with Gasteiger partial charge in [-0.3, -0.25) is 0 Å². The summed E-state index contributed by atoms with van der Waals surface area (Å²) in [5.74, 6) is 0. The van der Waals surface area contributed by atoms with Crippen molar-refractivity contribution in [3.63, 3.8) is 0 Å². The predicted octanol–water partition coefficient (Wildman–Crippen LogP) is 3.30. The van der Waals surface area contributed by atoms with E-state index in [2.05, 4.69) is 6.58 Å². The van der Waals surface area contributed by atoms with Crippen molar-refractivity contribution in [2.75, 3.05) is 0 Å². The van der Waals surface area contributed by atoms with Gasteiger partial charge in [0, 0.05) is 0 Å². The molecule has 0 radical (unpaired) electrons. The summed E-state index contributed by atoms with van der Waals surface area (Å²) >= 11 is 16.7. The highest BCUT2D eigenvalue weighted by Crippen LogP contribution is 2.40. The molecule has 0 aliphatic rings. The molecule has 0 atom stereocenters. The van der Waals surface area contributed by atoms with Gasteiger partial charge in [-0.15, -0.1) is 0 Å². The van der Waals surface area contributed by atoms with Crippen LogP contribution in [0.2, 0.25) is 0 Å². The number of hydrogen-bond acceptors (Lipinski definition) is 1. The fourth-order valence-electron chi connectivity index (χ4n) is 0.275. The van der Waals surface area contributed by atoms with Crippen LogP contribution >= 0.6 is 34.8 Å². The van der Waals surface area contributed by atoms with Crippen molar-refractivity contribution in [3.05, 3.63) is 12.8 Å². The van der Waals surface area contributed by atoms with Crippen LogP contribution < -0.4 is 0 Å². The van der Waals surface area contributed by atoms with Gasteiger partial charge in [-0.1, -0.05) is 41.4 Å². The Balaban J connectivity index is 4.23. The van der Waals surface area contributed by atoms with Crippen LogP contribution in [-0.2, 0) is 4.74 Å². The van der Waals surface area contributed by atoms with E-state index < -0.39 is 9.39 Å². The average Bonchev–Trinajstić information content (AvgIpc) is 1.61. The second-order valence-electron chi connectivity index (χ2n) is 2.29. The van der Waals surface area contributed by atoms with Gasteiger partial charge in [0.05, 0.1) is 6.26 Å². The maximum absolute atomic E-state index is 5.56. The molecular weight excluding hydrogens is 194 g/mol. The van der Waals surface area contributed by atoms with Crippen molar-refractivity contribution in [2.45, 2.75) is 23.2 Å². The van der Waals surface area contributed by atoms with E-state index in [1.165, 1.54) is 6.26 Å². The van der Waals surface area contributed by atoms with Gasteiger partial charge in [-0.05, 0) is 13.8 Å². The quantitative estimate of drug-likeness (QED) is 0.494. The molecule has 0 saturated heterocycles. The largest absolute Gasteiger partial charge is 0.492 e. The maximum Gasteiger partial charge on any atom is 0.228 e. The van der Waals surface area contributed by atoms with Crippen molar-refractivity contribution >= 4 is 34.8 Å². The molecule has 0 N–H and O–H groups in total. The third-order valence-electron chi connectivity index (χ3n) is 1.06. The third kappa shape index (κ3) is 2.57. The Morgan fingerprint density at radius 2 is 1.70 bits per heavy atom. The minimum atomic E-state index is -1.43. The minimum Gasteiger partial charge on any atom is -0.492 e. The van der Waals surface area contributed by atoms with E-state index in [-0.39, 0.29) is 0 Å². The number of rotatable bonds is 2. The van der Waals surface area contributed by atoms with Crippen LogP contribution in [0.4, 0.5) is 0 Å². The third-order valence-corrected chi connectivity index (χ3v) is 2.43. The minimum absolute atomic E-state index is 0.834. The van der Waals surface area contributed by atoms with Gasteiger partial charge in [-0.25, -0.2) is 0 Å². The summed E-state index contributed by atoms with van der Waals surface area (Å²) in [6.07, 6.45) is 1.25.